The summed E-state index contributed by atoms with van der Waals surface area (Å²) in [5.41, 5.74) is 0.511. The lowest BCUT2D eigenvalue weighted by Crippen LogP contribution is -2.18. The molecular weight excluding hydrogens is 218 g/mol. The number of carbonyl (C=O) groups is 1. The number of carbonyl (C=O) groups excluding carboxylic acids is 1. The minimum Gasteiger partial charge on any atom is -0.464 e. The molecule has 0 spiro atoms. The number of nitriles is 1. The molecular formula is C12H15N3O2. The van der Waals surface area contributed by atoms with Gasteiger partial charge in [0.05, 0.1) is 19.4 Å². The Hall–Kier alpha value is -1.83. The van der Waals surface area contributed by atoms with Gasteiger partial charge in [0, 0.05) is 18.4 Å². The van der Waals surface area contributed by atoms with Gasteiger partial charge in [-0.1, -0.05) is 0 Å². The van der Waals surface area contributed by atoms with Crippen molar-refractivity contribution in [1.82, 2.24) is 9.55 Å². The molecule has 1 aliphatic carbocycles. The third kappa shape index (κ3) is 2.16. The van der Waals surface area contributed by atoms with E-state index in [-0.39, 0.29) is 11.4 Å². The molecule has 0 saturated heterocycles. The quantitative estimate of drug-likeness (QED) is 0.742. The number of esters is 1. The number of rotatable bonds is 4. The molecule has 90 valence electrons. The predicted molar refractivity (Wildman–Crippen MR) is 60.2 cm³/mol. The zero-order chi connectivity index (χ0) is 12.5. The van der Waals surface area contributed by atoms with Crippen LogP contribution in [0.4, 0.5) is 0 Å². The highest BCUT2D eigenvalue weighted by atomic mass is 16.5. The summed E-state index contributed by atoms with van der Waals surface area (Å²) in [6, 6.07) is 2.22. The van der Waals surface area contributed by atoms with Crippen LogP contribution in [0, 0.1) is 23.7 Å². The van der Waals surface area contributed by atoms with Crippen LogP contribution in [-0.4, -0.2) is 22.6 Å². The highest BCUT2D eigenvalue weighted by Crippen LogP contribution is 2.50. The summed E-state index contributed by atoms with van der Waals surface area (Å²) in [6.45, 7) is 2.53. The second-order valence-electron chi connectivity index (χ2n) is 4.60. The Kier molecular flexibility index (Phi) is 2.88. The van der Waals surface area contributed by atoms with Crippen LogP contribution >= 0.6 is 0 Å². The van der Waals surface area contributed by atoms with Crippen molar-refractivity contribution in [3.8, 4) is 6.07 Å². The van der Waals surface area contributed by atoms with E-state index >= 15 is 0 Å². The largest absolute Gasteiger partial charge is 0.464 e. The third-order valence-electron chi connectivity index (χ3n) is 3.35. The lowest BCUT2D eigenvalue weighted by atomic mass is 10.0. The number of nitrogens with zero attached hydrogens (tertiary/aromatic N) is 3. The van der Waals surface area contributed by atoms with Gasteiger partial charge in [0.2, 0.25) is 0 Å². The monoisotopic (exact) mass is 233 g/mol. The lowest BCUT2D eigenvalue weighted by Gasteiger charge is -2.15. The van der Waals surface area contributed by atoms with Crippen molar-refractivity contribution in [3.05, 3.63) is 17.7 Å². The van der Waals surface area contributed by atoms with Crippen LogP contribution in [0.15, 0.2) is 6.20 Å². The van der Waals surface area contributed by atoms with Gasteiger partial charge < -0.3 is 9.30 Å². The van der Waals surface area contributed by atoms with E-state index in [4.69, 9.17) is 10.00 Å². The number of imidazole rings is 1. The van der Waals surface area contributed by atoms with Crippen molar-refractivity contribution >= 4 is 5.97 Å². The van der Waals surface area contributed by atoms with E-state index in [0.29, 0.717) is 18.7 Å². The van der Waals surface area contributed by atoms with Crippen LogP contribution in [0.25, 0.3) is 0 Å². The number of hydrogen-bond acceptors (Lipinski definition) is 4. The number of hydrogen-bond donors (Lipinski definition) is 0. The summed E-state index contributed by atoms with van der Waals surface area (Å²) in [4.78, 5) is 15.7. The molecule has 1 aromatic heterocycles. The van der Waals surface area contributed by atoms with E-state index in [1.165, 1.54) is 13.3 Å². The van der Waals surface area contributed by atoms with Gasteiger partial charge in [-0.3, -0.25) is 0 Å². The topological polar surface area (TPSA) is 67.9 Å². The molecule has 2 rings (SSSR count). The second-order valence-corrected chi connectivity index (χ2v) is 4.60. The van der Waals surface area contributed by atoms with Crippen LogP contribution < -0.4 is 0 Å². The van der Waals surface area contributed by atoms with Gasteiger partial charge >= 0.3 is 5.97 Å². The fourth-order valence-electron chi connectivity index (χ4n) is 2.01. The Labute approximate surface area is 100 Å². The first-order chi connectivity index (χ1) is 8.12. The molecule has 0 amide bonds. The summed E-state index contributed by atoms with van der Waals surface area (Å²) in [6.07, 6.45) is 4.15. The molecule has 1 heterocycles. The molecule has 0 unspecified atom stereocenters. The maximum Gasteiger partial charge on any atom is 0.356 e. The predicted octanol–water partition coefficient (Wildman–Crippen LogP) is 1.67. The fourth-order valence-corrected chi connectivity index (χ4v) is 2.01. The van der Waals surface area contributed by atoms with Crippen LogP contribution in [0.2, 0.25) is 0 Å². The molecule has 1 aliphatic rings. The molecule has 0 radical (unpaired) electrons. The molecule has 1 aromatic rings. The van der Waals surface area contributed by atoms with Crippen LogP contribution in [-0.2, 0) is 11.3 Å². The molecule has 5 nitrogen and oxygen atoms in total. The van der Waals surface area contributed by atoms with Crippen molar-refractivity contribution in [2.24, 2.45) is 5.41 Å². The Bertz CT molecular complexity index is 480. The molecule has 17 heavy (non-hydrogen) atoms. The molecule has 0 bridgehead atoms. The number of ether oxygens (including phenoxy) is 1. The standard InChI is InChI=1S/C12H15N3O2/c1-9-14-7-10(11(16)17-2)15(9)8-12(3-4-12)5-6-13/h7H,3-5,8H2,1-2H3. The van der Waals surface area contributed by atoms with Crippen molar-refractivity contribution in [2.45, 2.75) is 32.7 Å². The van der Waals surface area contributed by atoms with E-state index in [1.807, 2.05) is 11.5 Å². The van der Waals surface area contributed by atoms with Gasteiger partial charge in [0.1, 0.15) is 11.5 Å². The summed E-state index contributed by atoms with van der Waals surface area (Å²) < 4.78 is 6.58. The van der Waals surface area contributed by atoms with Crippen molar-refractivity contribution in [2.75, 3.05) is 7.11 Å². The first kappa shape index (κ1) is 11.6. The zero-order valence-electron chi connectivity index (χ0n) is 10.1. The van der Waals surface area contributed by atoms with E-state index in [9.17, 15) is 4.79 Å². The maximum atomic E-state index is 11.6. The second kappa shape index (κ2) is 4.21. The van der Waals surface area contributed by atoms with E-state index in [0.717, 1.165) is 18.7 Å². The SMILES string of the molecule is COC(=O)c1cnc(C)n1CC1(CC#N)CC1. The number of aryl methyl sites for hydroxylation is 1. The molecule has 1 saturated carbocycles. The molecule has 5 heteroatoms. The van der Waals surface area contributed by atoms with Gasteiger partial charge in [-0.25, -0.2) is 9.78 Å². The van der Waals surface area contributed by atoms with Crippen molar-refractivity contribution in [3.63, 3.8) is 0 Å². The smallest absolute Gasteiger partial charge is 0.356 e. The third-order valence-corrected chi connectivity index (χ3v) is 3.35. The first-order valence-electron chi connectivity index (χ1n) is 5.59. The van der Waals surface area contributed by atoms with Gasteiger partial charge in [-0.2, -0.15) is 5.26 Å². The maximum absolute atomic E-state index is 11.6. The Morgan fingerprint density at radius 3 is 2.94 bits per heavy atom. The van der Waals surface area contributed by atoms with Crippen molar-refractivity contribution in [1.29, 1.82) is 5.26 Å². The van der Waals surface area contributed by atoms with E-state index in [1.54, 1.807) is 0 Å². The minimum atomic E-state index is -0.377. The summed E-state index contributed by atoms with van der Waals surface area (Å²) in [7, 11) is 1.36. The van der Waals surface area contributed by atoms with Gasteiger partial charge in [-0.05, 0) is 19.8 Å². The Morgan fingerprint density at radius 1 is 1.71 bits per heavy atom. The zero-order valence-corrected chi connectivity index (χ0v) is 10.1. The summed E-state index contributed by atoms with van der Waals surface area (Å²) >= 11 is 0. The Morgan fingerprint density at radius 2 is 2.41 bits per heavy atom. The Balaban J connectivity index is 2.24. The highest BCUT2D eigenvalue weighted by molar-refractivity contribution is 5.87. The van der Waals surface area contributed by atoms with Gasteiger partial charge in [0.15, 0.2) is 0 Å². The summed E-state index contributed by atoms with van der Waals surface area (Å²) in [5, 5.41) is 8.80. The number of aromatic nitrogens is 2. The van der Waals surface area contributed by atoms with Crippen LogP contribution in [0.3, 0.4) is 0 Å². The molecule has 0 N–H and O–H groups in total. The highest BCUT2D eigenvalue weighted by Gasteiger charge is 2.43. The average molecular weight is 233 g/mol. The summed E-state index contributed by atoms with van der Waals surface area (Å²) in [5.74, 6) is 0.410. The molecule has 1 fully saturated rings. The number of methoxy groups -OCH3 is 1. The normalized spacial score (nSPS) is 16.3. The molecule has 0 aromatic carbocycles. The van der Waals surface area contributed by atoms with Gasteiger partial charge in [-0.15, -0.1) is 0 Å². The molecule has 0 aliphatic heterocycles. The van der Waals surface area contributed by atoms with Crippen LogP contribution in [0.5, 0.6) is 0 Å². The average Bonchev–Trinajstić information content (AvgIpc) is 2.98. The van der Waals surface area contributed by atoms with Crippen LogP contribution in [0.1, 0.15) is 35.6 Å². The minimum absolute atomic E-state index is 0.0446. The van der Waals surface area contributed by atoms with E-state index < -0.39 is 0 Å². The molecule has 0 atom stereocenters. The first-order valence-corrected chi connectivity index (χ1v) is 5.59. The fraction of sp³-hybridized carbons (Fsp3) is 0.583. The van der Waals surface area contributed by atoms with E-state index in [2.05, 4.69) is 11.1 Å². The lowest BCUT2D eigenvalue weighted by molar-refractivity contribution is 0.0586. The van der Waals surface area contributed by atoms with Crippen molar-refractivity contribution < 1.29 is 9.53 Å². The van der Waals surface area contributed by atoms with Gasteiger partial charge in [0.25, 0.3) is 0 Å².